The van der Waals surface area contributed by atoms with E-state index in [2.05, 4.69) is 5.16 Å². The number of nitro groups is 1. The zero-order valence-corrected chi connectivity index (χ0v) is 10.5. The van der Waals surface area contributed by atoms with E-state index in [1.807, 2.05) is 6.07 Å². The van der Waals surface area contributed by atoms with Gasteiger partial charge in [-0.15, -0.1) is 0 Å². The Labute approximate surface area is 115 Å². The smallest absolute Gasteiger partial charge is 0.310 e. The van der Waals surface area contributed by atoms with Gasteiger partial charge < -0.3 is 9.94 Å². The SMILES string of the molecule is O=[N+]([O-])c1ccccc1OC/C(=N/O)c1ccccc1. The fraction of sp³-hybridized carbons (Fsp3) is 0.0714. The first-order valence-electron chi connectivity index (χ1n) is 5.85. The van der Waals surface area contributed by atoms with Gasteiger partial charge in [0.15, 0.2) is 5.75 Å². The van der Waals surface area contributed by atoms with Gasteiger partial charge in [-0.05, 0) is 6.07 Å². The van der Waals surface area contributed by atoms with E-state index in [0.717, 1.165) is 0 Å². The second-order valence-corrected chi connectivity index (χ2v) is 3.93. The van der Waals surface area contributed by atoms with E-state index >= 15 is 0 Å². The van der Waals surface area contributed by atoms with Crippen molar-refractivity contribution in [2.24, 2.45) is 5.16 Å². The van der Waals surface area contributed by atoms with Gasteiger partial charge in [-0.3, -0.25) is 10.1 Å². The number of para-hydroxylation sites is 2. The molecule has 0 saturated carbocycles. The van der Waals surface area contributed by atoms with Crippen LogP contribution in [0.3, 0.4) is 0 Å². The van der Waals surface area contributed by atoms with E-state index in [1.165, 1.54) is 12.1 Å². The average molecular weight is 272 g/mol. The van der Waals surface area contributed by atoms with E-state index in [0.29, 0.717) is 11.3 Å². The Hall–Kier alpha value is -2.89. The van der Waals surface area contributed by atoms with Crippen LogP contribution in [0.2, 0.25) is 0 Å². The van der Waals surface area contributed by atoms with Gasteiger partial charge in [0, 0.05) is 11.6 Å². The number of nitrogens with zero attached hydrogens (tertiary/aromatic N) is 2. The molecule has 0 unspecified atom stereocenters. The Kier molecular flexibility index (Phi) is 4.28. The first-order valence-corrected chi connectivity index (χ1v) is 5.85. The van der Waals surface area contributed by atoms with Gasteiger partial charge in [-0.25, -0.2) is 0 Å². The zero-order valence-electron chi connectivity index (χ0n) is 10.5. The summed E-state index contributed by atoms with van der Waals surface area (Å²) < 4.78 is 5.37. The Morgan fingerprint density at radius 2 is 1.80 bits per heavy atom. The van der Waals surface area contributed by atoms with Crippen LogP contribution in [0.5, 0.6) is 5.75 Å². The highest BCUT2D eigenvalue weighted by Gasteiger charge is 2.15. The monoisotopic (exact) mass is 272 g/mol. The molecule has 2 aromatic carbocycles. The van der Waals surface area contributed by atoms with Gasteiger partial charge in [-0.2, -0.15) is 0 Å². The summed E-state index contributed by atoms with van der Waals surface area (Å²) in [5.74, 6) is 0.134. The van der Waals surface area contributed by atoms with Crippen LogP contribution in [0.25, 0.3) is 0 Å². The standard InChI is InChI=1S/C14H12N2O4/c17-15-12(11-6-2-1-3-7-11)10-20-14-9-5-4-8-13(14)16(18)19/h1-9,17H,10H2/b15-12-. The maximum absolute atomic E-state index is 10.9. The zero-order chi connectivity index (χ0) is 14.4. The molecule has 0 spiro atoms. The maximum atomic E-state index is 10.9. The highest BCUT2D eigenvalue weighted by Crippen LogP contribution is 2.25. The predicted molar refractivity (Wildman–Crippen MR) is 73.4 cm³/mol. The summed E-state index contributed by atoms with van der Waals surface area (Å²) in [4.78, 5) is 10.3. The molecule has 0 aromatic heterocycles. The fourth-order valence-electron chi connectivity index (χ4n) is 1.68. The molecule has 2 rings (SSSR count). The molecule has 0 radical (unpaired) electrons. The maximum Gasteiger partial charge on any atom is 0.310 e. The van der Waals surface area contributed by atoms with Crippen molar-refractivity contribution in [2.75, 3.05) is 6.61 Å². The van der Waals surface area contributed by atoms with Crippen molar-refractivity contribution in [3.8, 4) is 5.75 Å². The molecule has 2 aromatic rings. The van der Waals surface area contributed by atoms with Gasteiger partial charge in [0.2, 0.25) is 0 Å². The minimum Gasteiger partial charge on any atom is -0.480 e. The van der Waals surface area contributed by atoms with Gasteiger partial charge in [-0.1, -0.05) is 47.6 Å². The van der Waals surface area contributed by atoms with E-state index < -0.39 is 4.92 Å². The quantitative estimate of drug-likeness (QED) is 0.392. The summed E-state index contributed by atoms with van der Waals surface area (Å²) in [6.07, 6.45) is 0. The summed E-state index contributed by atoms with van der Waals surface area (Å²) in [6, 6.07) is 15.0. The summed E-state index contributed by atoms with van der Waals surface area (Å²) in [6.45, 7) is -0.0641. The molecule has 20 heavy (non-hydrogen) atoms. The largest absolute Gasteiger partial charge is 0.480 e. The van der Waals surface area contributed by atoms with Crippen molar-refractivity contribution in [1.82, 2.24) is 0 Å². The normalized spacial score (nSPS) is 11.1. The lowest BCUT2D eigenvalue weighted by atomic mass is 10.1. The molecule has 0 aliphatic carbocycles. The predicted octanol–water partition coefficient (Wildman–Crippen LogP) is 2.85. The van der Waals surface area contributed by atoms with E-state index in [1.54, 1.807) is 36.4 Å². The molecule has 102 valence electrons. The van der Waals surface area contributed by atoms with Crippen LogP contribution in [0.1, 0.15) is 5.56 Å². The minimum atomic E-state index is -0.520. The lowest BCUT2D eigenvalue weighted by Gasteiger charge is -2.08. The molecule has 0 saturated heterocycles. The lowest BCUT2D eigenvalue weighted by molar-refractivity contribution is -0.385. The highest BCUT2D eigenvalue weighted by molar-refractivity contribution is 6.01. The molecule has 0 fully saturated rings. The van der Waals surface area contributed by atoms with Crippen molar-refractivity contribution in [3.05, 3.63) is 70.3 Å². The highest BCUT2D eigenvalue weighted by atomic mass is 16.6. The Balaban J connectivity index is 2.14. The van der Waals surface area contributed by atoms with Crippen molar-refractivity contribution in [3.63, 3.8) is 0 Å². The van der Waals surface area contributed by atoms with Crippen molar-refractivity contribution < 1.29 is 14.9 Å². The van der Waals surface area contributed by atoms with Gasteiger partial charge >= 0.3 is 5.69 Å². The van der Waals surface area contributed by atoms with Crippen molar-refractivity contribution in [2.45, 2.75) is 0 Å². The number of hydrogen-bond donors (Lipinski definition) is 1. The van der Waals surface area contributed by atoms with Gasteiger partial charge in [0.05, 0.1) is 4.92 Å². The average Bonchev–Trinajstić information content (AvgIpc) is 2.49. The van der Waals surface area contributed by atoms with Crippen LogP contribution in [0, 0.1) is 10.1 Å². The molecule has 6 heteroatoms. The third kappa shape index (κ3) is 3.11. The second-order valence-electron chi connectivity index (χ2n) is 3.93. The molecule has 0 atom stereocenters. The molecule has 0 amide bonds. The summed E-state index contributed by atoms with van der Waals surface area (Å²) in [7, 11) is 0. The summed E-state index contributed by atoms with van der Waals surface area (Å²) >= 11 is 0. The topological polar surface area (TPSA) is 85.0 Å². The van der Waals surface area contributed by atoms with Crippen LogP contribution < -0.4 is 4.74 Å². The first-order chi connectivity index (χ1) is 9.72. The summed E-state index contributed by atoms with van der Waals surface area (Å²) in [5.41, 5.74) is 0.857. The van der Waals surface area contributed by atoms with E-state index in [9.17, 15) is 10.1 Å². The number of rotatable bonds is 5. The summed E-state index contributed by atoms with van der Waals surface area (Å²) in [5, 5.41) is 23.0. The fourth-order valence-corrected chi connectivity index (χ4v) is 1.68. The molecule has 0 aliphatic heterocycles. The Morgan fingerprint density at radius 3 is 2.45 bits per heavy atom. The van der Waals surface area contributed by atoms with Gasteiger partial charge in [0.1, 0.15) is 12.3 Å². The van der Waals surface area contributed by atoms with E-state index in [4.69, 9.17) is 9.94 Å². The molecular weight excluding hydrogens is 260 g/mol. The van der Waals surface area contributed by atoms with Gasteiger partial charge in [0.25, 0.3) is 0 Å². The van der Waals surface area contributed by atoms with Crippen LogP contribution >= 0.6 is 0 Å². The molecular formula is C14H12N2O4. The third-order valence-corrected chi connectivity index (χ3v) is 2.65. The molecule has 1 N–H and O–H groups in total. The first kappa shape index (κ1) is 13.5. The number of benzene rings is 2. The second kappa shape index (κ2) is 6.33. The molecule has 6 nitrogen and oxygen atoms in total. The van der Waals surface area contributed by atoms with Crippen LogP contribution in [0.15, 0.2) is 59.8 Å². The lowest BCUT2D eigenvalue weighted by Crippen LogP contribution is -2.13. The van der Waals surface area contributed by atoms with Crippen LogP contribution in [0.4, 0.5) is 5.69 Å². The number of nitro benzene ring substituents is 1. The molecule has 0 aliphatic rings. The van der Waals surface area contributed by atoms with Crippen molar-refractivity contribution >= 4 is 11.4 Å². The molecule has 0 bridgehead atoms. The minimum absolute atomic E-state index is 0.0641. The number of oxime groups is 1. The third-order valence-electron chi connectivity index (χ3n) is 2.65. The van der Waals surface area contributed by atoms with Crippen molar-refractivity contribution in [1.29, 1.82) is 0 Å². The Bertz CT molecular complexity index is 626. The molecule has 0 heterocycles. The number of hydrogen-bond acceptors (Lipinski definition) is 5. The Morgan fingerprint density at radius 1 is 1.15 bits per heavy atom. The van der Waals surface area contributed by atoms with Crippen LogP contribution in [-0.2, 0) is 0 Å². The van der Waals surface area contributed by atoms with E-state index in [-0.39, 0.29) is 18.0 Å². The number of ether oxygens (including phenoxy) is 1. The van der Waals surface area contributed by atoms with Crippen LogP contribution in [-0.4, -0.2) is 22.4 Å².